The van der Waals surface area contributed by atoms with Gasteiger partial charge < -0.3 is 19.0 Å². The van der Waals surface area contributed by atoms with Crippen molar-refractivity contribution in [3.63, 3.8) is 0 Å². The van der Waals surface area contributed by atoms with Gasteiger partial charge in [-0.15, -0.1) is 10.2 Å². The quantitative estimate of drug-likeness (QED) is 0.0999. The standard InChI is InChI=1S/C26H19N3O9S3.3Na/c30-39(31,32)18-9-10-20-16(13-18)14-19(40(33,34)35)15-24(20)29-28-22-11-12-23(27-17-5-2-1-3-6-17)26-21(22)7-4-8-25(26)41(36,37)38;;;/h1-15,27H,(H,30,31,32)(H,33,34,35)(H,36,37,38);;;/q;3*+1/p-3. The van der Waals surface area contributed by atoms with Crippen molar-refractivity contribution in [2.75, 3.05) is 5.32 Å². The smallest absolute Gasteiger partial charge is 0.744 e. The SMILES string of the molecule is O=S(=O)([O-])c1ccc2c(N=Nc3ccc(Nc4ccccc4)c4c(S(=O)(=O)[O-])cccc34)cc(S(=O)(=O)[O-])cc2c1.[Na+].[Na+].[Na+]. The van der Waals surface area contributed by atoms with Crippen LogP contribution in [0, 0.1) is 0 Å². The summed E-state index contributed by atoms with van der Waals surface area (Å²) in [7, 11) is -14.9. The third-order valence-corrected chi connectivity index (χ3v) is 8.54. The molecule has 0 fully saturated rings. The molecule has 5 aromatic rings. The van der Waals surface area contributed by atoms with Crippen molar-refractivity contribution < 1.29 is 128 Å². The third kappa shape index (κ3) is 8.76. The Morgan fingerprint density at radius 1 is 0.545 bits per heavy atom. The van der Waals surface area contributed by atoms with E-state index in [0.717, 1.165) is 30.3 Å². The van der Waals surface area contributed by atoms with Crippen LogP contribution in [0.3, 0.4) is 0 Å². The molecule has 0 unspecified atom stereocenters. The van der Waals surface area contributed by atoms with E-state index in [1.165, 1.54) is 30.3 Å². The van der Waals surface area contributed by atoms with Gasteiger partial charge in [0.2, 0.25) is 0 Å². The fourth-order valence-corrected chi connectivity index (χ4v) is 5.97. The monoisotopic (exact) mass is 679 g/mol. The Bertz CT molecular complexity index is 2210. The van der Waals surface area contributed by atoms with E-state index in [1.54, 1.807) is 30.3 Å². The molecule has 18 heteroatoms. The van der Waals surface area contributed by atoms with Gasteiger partial charge in [0.05, 0.1) is 26.1 Å². The Kier molecular flexibility index (Phi) is 13.4. The first kappa shape index (κ1) is 38.9. The molecule has 1 N–H and O–H groups in total. The second-order valence-electron chi connectivity index (χ2n) is 8.69. The van der Waals surface area contributed by atoms with Gasteiger partial charge in [0, 0.05) is 27.5 Å². The van der Waals surface area contributed by atoms with Gasteiger partial charge in [-0.2, -0.15) is 0 Å². The molecule has 0 bridgehead atoms. The minimum Gasteiger partial charge on any atom is -0.744 e. The van der Waals surface area contributed by atoms with Crippen molar-refractivity contribution in [1.82, 2.24) is 0 Å². The molecule has 0 aliphatic carbocycles. The topological polar surface area (TPSA) is 208 Å². The van der Waals surface area contributed by atoms with Crippen molar-refractivity contribution >= 4 is 74.6 Å². The molecule has 5 rings (SSSR count). The molecule has 0 aliphatic heterocycles. The number of nitrogens with one attached hydrogen (secondary N) is 1. The van der Waals surface area contributed by atoms with Crippen molar-refractivity contribution in [3.8, 4) is 0 Å². The van der Waals surface area contributed by atoms with E-state index in [-0.39, 0.29) is 127 Å². The van der Waals surface area contributed by atoms with Gasteiger partial charge in [0.25, 0.3) is 0 Å². The van der Waals surface area contributed by atoms with E-state index in [2.05, 4.69) is 15.5 Å². The number of hydrogen-bond acceptors (Lipinski definition) is 12. The maximum atomic E-state index is 12.1. The summed E-state index contributed by atoms with van der Waals surface area (Å²) in [4.78, 5) is -1.90. The molecular weight excluding hydrogens is 663 g/mol. The normalized spacial score (nSPS) is 11.9. The van der Waals surface area contributed by atoms with Gasteiger partial charge in [-0.25, -0.2) is 25.3 Å². The van der Waals surface area contributed by atoms with E-state index in [0.29, 0.717) is 5.69 Å². The van der Waals surface area contributed by atoms with Gasteiger partial charge in [-0.1, -0.05) is 36.4 Å². The Morgan fingerprint density at radius 3 is 1.77 bits per heavy atom. The van der Waals surface area contributed by atoms with Crippen LogP contribution in [0.4, 0.5) is 22.7 Å². The summed E-state index contributed by atoms with van der Waals surface area (Å²) >= 11 is 0. The second-order valence-corrected chi connectivity index (χ2v) is 12.8. The third-order valence-electron chi connectivity index (χ3n) is 6.02. The number of azo groups is 1. The molecule has 0 saturated heterocycles. The Balaban J connectivity index is 0.00000225. The Hall–Kier alpha value is -1.25. The van der Waals surface area contributed by atoms with Crippen molar-refractivity contribution in [3.05, 3.63) is 91.0 Å². The van der Waals surface area contributed by atoms with Crippen LogP contribution >= 0.6 is 0 Å². The molecule has 0 aromatic heterocycles. The maximum Gasteiger partial charge on any atom is 1.00 e. The number of para-hydroxylation sites is 1. The average Bonchev–Trinajstić information content (AvgIpc) is 2.90. The number of benzene rings is 5. The van der Waals surface area contributed by atoms with Crippen LogP contribution < -0.4 is 94.0 Å². The first-order chi connectivity index (χ1) is 19.2. The fraction of sp³-hybridized carbons (Fsp3) is 0. The van der Waals surface area contributed by atoms with Gasteiger partial charge >= 0.3 is 88.7 Å². The summed E-state index contributed by atoms with van der Waals surface area (Å²) in [6.45, 7) is 0. The van der Waals surface area contributed by atoms with Crippen LogP contribution in [-0.4, -0.2) is 38.9 Å². The molecule has 0 aliphatic rings. The van der Waals surface area contributed by atoms with Crippen LogP contribution in [0.25, 0.3) is 21.5 Å². The van der Waals surface area contributed by atoms with E-state index < -0.39 is 45.0 Å². The molecule has 5 aromatic carbocycles. The number of anilines is 2. The summed E-state index contributed by atoms with van der Waals surface area (Å²) in [5.74, 6) is 0. The molecule has 0 spiro atoms. The zero-order valence-corrected chi connectivity index (χ0v) is 31.9. The van der Waals surface area contributed by atoms with Gasteiger partial charge in [0.1, 0.15) is 30.4 Å². The summed E-state index contributed by atoms with van der Waals surface area (Å²) in [6.07, 6.45) is 0. The zero-order valence-electron chi connectivity index (χ0n) is 23.5. The Labute approximate surface area is 319 Å². The predicted molar refractivity (Wildman–Crippen MR) is 146 cm³/mol. The second kappa shape index (κ2) is 15.1. The van der Waals surface area contributed by atoms with E-state index in [1.807, 2.05) is 0 Å². The molecule has 0 saturated carbocycles. The van der Waals surface area contributed by atoms with Gasteiger partial charge in [-0.05, 0) is 60.0 Å². The molecule has 210 valence electrons. The number of fused-ring (bicyclic) bond motifs is 2. The van der Waals surface area contributed by atoms with Gasteiger partial charge in [0.15, 0.2) is 0 Å². The number of rotatable bonds is 7. The van der Waals surface area contributed by atoms with Gasteiger partial charge in [-0.3, -0.25) is 0 Å². The average molecular weight is 680 g/mol. The van der Waals surface area contributed by atoms with Crippen LogP contribution in [0.5, 0.6) is 0 Å². The number of nitrogens with zero attached hydrogens (tertiary/aromatic N) is 2. The molecule has 44 heavy (non-hydrogen) atoms. The summed E-state index contributed by atoms with van der Waals surface area (Å²) in [6, 6.07) is 20.7. The molecular formula is C26H16N3Na3O9S3. The molecule has 12 nitrogen and oxygen atoms in total. The van der Waals surface area contributed by atoms with Crippen molar-refractivity contribution in [2.24, 2.45) is 10.2 Å². The minimum atomic E-state index is -5.03. The predicted octanol–water partition coefficient (Wildman–Crippen LogP) is -4.12. The zero-order chi connectivity index (χ0) is 29.6. The summed E-state index contributed by atoms with van der Waals surface area (Å²) in [5, 5.41) is 11.6. The van der Waals surface area contributed by atoms with E-state index in [9.17, 15) is 38.9 Å². The van der Waals surface area contributed by atoms with Crippen molar-refractivity contribution in [1.29, 1.82) is 0 Å². The summed E-state index contributed by atoms with van der Waals surface area (Å²) < 4.78 is 106. The summed E-state index contributed by atoms with van der Waals surface area (Å²) in [5.41, 5.74) is 0.838. The first-order valence-electron chi connectivity index (χ1n) is 11.5. The van der Waals surface area contributed by atoms with Crippen molar-refractivity contribution in [2.45, 2.75) is 14.7 Å². The van der Waals surface area contributed by atoms with E-state index >= 15 is 0 Å². The van der Waals surface area contributed by atoms with Crippen LogP contribution in [-0.2, 0) is 30.4 Å². The molecule has 0 atom stereocenters. The number of hydrogen-bond donors (Lipinski definition) is 1. The molecule has 0 amide bonds. The first-order valence-corrected chi connectivity index (χ1v) is 15.7. The minimum absolute atomic E-state index is 0. The molecule has 0 radical (unpaired) electrons. The largest absolute Gasteiger partial charge is 1.00 e. The van der Waals surface area contributed by atoms with Crippen LogP contribution in [0.2, 0.25) is 0 Å². The fourth-order valence-electron chi connectivity index (χ4n) is 4.23. The molecule has 0 heterocycles. The van der Waals surface area contributed by atoms with Crippen LogP contribution in [0.1, 0.15) is 0 Å². The Morgan fingerprint density at radius 2 is 1.16 bits per heavy atom. The maximum absolute atomic E-state index is 12.1. The van der Waals surface area contributed by atoms with E-state index in [4.69, 9.17) is 0 Å². The van der Waals surface area contributed by atoms with Crippen LogP contribution in [0.15, 0.2) is 116 Å².